The molecule has 2 aliphatic heterocycles. The molecule has 0 aromatic carbocycles. The van der Waals surface area contributed by atoms with Gasteiger partial charge in [-0.15, -0.1) is 0 Å². The monoisotopic (exact) mass is 242 g/mol. The summed E-state index contributed by atoms with van der Waals surface area (Å²) in [6.45, 7) is 5.82. The smallest absolute Gasteiger partial charge is 0.0254 e. The molecule has 2 fully saturated rings. The van der Waals surface area contributed by atoms with Crippen molar-refractivity contribution in [1.82, 2.24) is 4.90 Å². The van der Waals surface area contributed by atoms with Crippen molar-refractivity contribution in [3.8, 4) is 0 Å². The van der Waals surface area contributed by atoms with E-state index in [4.69, 9.17) is 5.73 Å². The predicted octanol–water partition coefficient (Wildman–Crippen LogP) is 2.19. The van der Waals surface area contributed by atoms with Gasteiger partial charge >= 0.3 is 0 Å². The Bertz CT molecular complexity index is 204. The lowest BCUT2D eigenvalue weighted by Gasteiger charge is -2.33. The van der Waals surface area contributed by atoms with E-state index >= 15 is 0 Å². The van der Waals surface area contributed by atoms with E-state index in [1.807, 2.05) is 0 Å². The molecule has 2 N–H and O–H groups in total. The number of nitrogens with zero attached hydrogens (tertiary/aromatic N) is 1. The summed E-state index contributed by atoms with van der Waals surface area (Å²) in [6.07, 6.45) is 5.54. The molecule has 3 unspecified atom stereocenters. The van der Waals surface area contributed by atoms with Crippen molar-refractivity contribution in [3.05, 3.63) is 0 Å². The first kappa shape index (κ1) is 12.7. The fourth-order valence-electron chi connectivity index (χ4n) is 3.11. The van der Waals surface area contributed by atoms with Crippen LogP contribution in [0.5, 0.6) is 0 Å². The fourth-order valence-corrected chi connectivity index (χ4v) is 4.44. The van der Waals surface area contributed by atoms with E-state index in [9.17, 15) is 0 Å². The molecule has 2 aliphatic rings. The van der Waals surface area contributed by atoms with Crippen LogP contribution in [0.1, 0.15) is 32.6 Å². The summed E-state index contributed by atoms with van der Waals surface area (Å²) in [7, 11) is 0. The zero-order valence-electron chi connectivity index (χ0n) is 10.5. The maximum absolute atomic E-state index is 6.02. The highest BCUT2D eigenvalue weighted by molar-refractivity contribution is 7.99. The molecule has 0 aromatic heterocycles. The Morgan fingerprint density at radius 1 is 1.31 bits per heavy atom. The Labute approximate surface area is 104 Å². The van der Waals surface area contributed by atoms with Crippen LogP contribution in [0, 0.1) is 11.8 Å². The first-order valence-corrected chi connectivity index (χ1v) is 7.98. The van der Waals surface area contributed by atoms with Crippen molar-refractivity contribution in [3.63, 3.8) is 0 Å². The molecule has 0 aromatic rings. The van der Waals surface area contributed by atoms with E-state index in [0.29, 0.717) is 6.04 Å². The molecule has 2 saturated heterocycles. The summed E-state index contributed by atoms with van der Waals surface area (Å²) in [4.78, 5) is 2.69. The summed E-state index contributed by atoms with van der Waals surface area (Å²) in [5.41, 5.74) is 6.02. The van der Waals surface area contributed by atoms with Crippen LogP contribution in [0.3, 0.4) is 0 Å². The standard InChI is InChI=1S/C13H26N2S/c1-11-3-2-6-15(7-4-11)13(9-14)12-5-8-16-10-12/h11-13H,2-10,14H2,1H3. The van der Waals surface area contributed by atoms with Crippen LogP contribution in [0.4, 0.5) is 0 Å². The molecule has 0 radical (unpaired) electrons. The summed E-state index contributed by atoms with van der Waals surface area (Å²) in [5.74, 6) is 4.48. The van der Waals surface area contributed by atoms with Crippen LogP contribution < -0.4 is 5.73 Å². The Hall–Kier alpha value is 0.270. The first-order chi connectivity index (χ1) is 7.81. The van der Waals surface area contributed by atoms with Gasteiger partial charge in [-0.2, -0.15) is 11.8 Å². The molecule has 0 saturated carbocycles. The highest BCUT2D eigenvalue weighted by Gasteiger charge is 2.29. The van der Waals surface area contributed by atoms with Gasteiger partial charge in [0.05, 0.1) is 0 Å². The number of hydrogen-bond acceptors (Lipinski definition) is 3. The molecule has 0 spiro atoms. The third-order valence-corrected chi connectivity index (χ3v) is 5.46. The Morgan fingerprint density at radius 3 is 2.88 bits per heavy atom. The van der Waals surface area contributed by atoms with Crippen molar-refractivity contribution >= 4 is 11.8 Å². The minimum absolute atomic E-state index is 0.667. The SMILES string of the molecule is CC1CCCN(C(CN)C2CCSC2)CC1. The summed E-state index contributed by atoms with van der Waals surface area (Å²) < 4.78 is 0. The Morgan fingerprint density at radius 2 is 2.19 bits per heavy atom. The van der Waals surface area contributed by atoms with Gasteiger partial charge in [0.2, 0.25) is 0 Å². The third kappa shape index (κ3) is 3.14. The molecule has 3 heteroatoms. The van der Waals surface area contributed by atoms with Gasteiger partial charge in [-0.25, -0.2) is 0 Å². The molecule has 3 atom stereocenters. The first-order valence-electron chi connectivity index (χ1n) is 6.83. The van der Waals surface area contributed by atoms with Gasteiger partial charge in [0.15, 0.2) is 0 Å². The van der Waals surface area contributed by atoms with E-state index < -0.39 is 0 Å². The minimum atomic E-state index is 0.667. The van der Waals surface area contributed by atoms with Gasteiger partial charge in [0.25, 0.3) is 0 Å². The van der Waals surface area contributed by atoms with E-state index in [0.717, 1.165) is 18.4 Å². The zero-order chi connectivity index (χ0) is 11.4. The highest BCUT2D eigenvalue weighted by atomic mass is 32.2. The maximum Gasteiger partial charge on any atom is 0.0254 e. The lowest BCUT2D eigenvalue weighted by Crippen LogP contribution is -2.46. The minimum Gasteiger partial charge on any atom is -0.329 e. The normalized spacial score (nSPS) is 34.9. The lowest BCUT2D eigenvalue weighted by atomic mass is 9.97. The van der Waals surface area contributed by atoms with E-state index in [1.165, 1.54) is 50.3 Å². The molecular formula is C13H26N2S. The van der Waals surface area contributed by atoms with E-state index in [1.54, 1.807) is 0 Å². The van der Waals surface area contributed by atoms with Crippen molar-refractivity contribution in [2.24, 2.45) is 17.6 Å². The van der Waals surface area contributed by atoms with Crippen LogP contribution >= 0.6 is 11.8 Å². The maximum atomic E-state index is 6.02. The molecule has 94 valence electrons. The molecule has 0 amide bonds. The van der Waals surface area contributed by atoms with Crippen LogP contribution in [-0.2, 0) is 0 Å². The summed E-state index contributed by atoms with van der Waals surface area (Å²) in [5, 5.41) is 0. The molecule has 2 rings (SSSR count). The largest absolute Gasteiger partial charge is 0.329 e. The summed E-state index contributed by atoms with van der Waals surface area (Å²) in [6, 6.07) is 0.667. The number of likely N-dealkylation sites (tertiary alicyclic amines) is 1. The predicted molar refractivity (Wildman–Crippen MR) is 72.9 cm³/mol. The second-order valence-corrected chi connectivity index (χ2v) is 6.65. The lowest BCUT2D eigenvalue weighted by molar-refractivity contribution is 0.159. The van der Waals surface area contributed by atoms with E-state index in [2.05, 4.69) is 23.6 Å². The Balaban J connectivity index is 1.91. The van der Waals surface area contributed by atoms with Gasteiger partial charge in [-0.3, -0.25) is 4.90 Å². The van der Waals surface area contributed by atoms with Gasteiger partial charge in [0.1, 0.15) is 0 Å². The molecule has 0 aliphatic carbocycles. The quantitative estimate of drug-likeness (QED) is 0.822. The Kier molecular flexibility index (Phi) is 4.98. The number of hydrogen-bond donors (Lipinski definition) is 1. The highest BCUT2D eigenvalue weighted by Crippen LogP contribution is 2.30. The zero-order valence-corrected chi connectivity index (χ0v) is 11.3. The number of thioether (sulfide) groups is 1. The molecular weight excluding hydrogens is 216 g/mol. The van der Waals surface area contributed by atoms with Crippen molar-refractivity contribution in [2.75, 3.05) is 31.1 Å². The second-order valence-electron chi connectivity index (χ2n) is 5.50. The number of nitrogens with two attached hydrogens (primary N) is 1. The third-order valence-electron chi connectivity index (χ3n) is 4.27. The van der Waals surface area contributed by atoms with Crippen LogP contribution in [0.25, 0.3) is 0 Å². The molecule has 2 nitrogen and oxygen atoms in total. The molecule has 16 heavy (non-hydrogen) atoms. The second kappa shape index (κ2) is 6.27. The topological polar surface area (TPSA) is 29.3 Å². The van der Waals surface area contributed by atoms with Crippen molar-refractivity contribution < 1.29 is 0 Å². The van der Waals surface area contributed by atoms with Crippen LogP contribution in [0.2, 0.25) is 0 Å². The molecule has 2 heterocycles. The van der Waals surface area contributed by atoms with Gasteiger partial charge < -0.3 is 5.73 Å². The van der Waals surface area contributed by atoms with E-state index in [-0.39, 0.29) is 0 Å². The van der Waals surface area contributed by atoms with Crippen molar-refractivity contribution in [1.29, 1.82) is 0 Å². The van der Waals surface area contributed by atoms with Gasteiger partial charge in [-0.05, 0) is 62.1 Å². The van der Waals surface area contributed by atoms with Crippen LogP contribution in [0.15, 0.2) is 0 Å². The average molecular weight is 242 g/mol. The van der Waals surface area contributed by atoms with Crippen LogP contribution in [-0.4, -0.2) is 42.1 Å². The van der Waals surface area contributed by atoms with Crippen molar-refractivity contribution in [2.45, 2.75) is 38.6 Å². The van der Waals surface area contributed by atoms with Gasteiger partial charge in [-0.1, -0.05) is 6.92 Å². The summed E-state index contributed by atoms with van der Waals surface area (Å²) >= 11 is 2.11. The molecule has 0 bridgehead atoms. The average Bonchev–Trinajstić information content (AvgIpc) is 2.71. The fraction of sp³-hybridized carbons (Fsp3) is 1.00. The number of rotatable bonds is 3. The van der Waals surface area contributed by atoms with Gasteiger partial charge in [0, 0.05) is 12.6 Å².